The van der Waals surface area contributed by atoms with Crippen molar-refractivity contribution in [3.8, 4) is 5.88 Å². The van der Waals surface area contributed by atoms with Crippen molar-refractivity contribution in [1.29, 1.82) is 0 Å². The summed E-state index contributed by atoms with van der Waals surface area (Å²) in [7, 11) is 1.64. The molecule has 0 aliphatic heterocycles. The van der Waals surface area contributed by atoms with Crippen LogP contribution in [0.25, 0.3) is 0 Å². The lowest BCUT2D eigenvalue weighted by Crippen LogP contribution is -2.12. The number of nitrogens with two attached hydrogens (primary N) is 1. The summed E-state index contributed by atoms with van der Waals surface area (Å²) >= 11 is 0. The van der Waals surface area contributed by atoms with Crippen molar-refractivity contribution in [3.63, 3.8) is 0 Å². The first-order valence-corrected chi connectivity index (χ1v) is 5.81. The minimum absolute atomic E-state index is 0.439. The Kier molecular flexibility index (Phi) is 7.87. The molecule has 1 aromatic rings. The van der Waals surface area contributed by atoms with Crippen LogP contribution in [0.3, 0.4) is 0 Å². The van der Waals surface area contributed by atoms with Crippen LogP contribution in [0.4, 0.5) is 5.69 Å². The van der Waals surface area contributed by atoms with Crippen LogP contribution < -0.4 is 10.5 Å². The molecular formula is C12H20N2O4. The zero-order valence-electron chi connectivity index (χ0n) is 10.6. The number of pyridine rings is 1. The van der Waals surface area contributed by atoms with Crippen molar-refractivity contribution in [3.05, 3.63) is 18.3 Å². The van der Waals surface area contributed by atoms with Crippen molar-refractivity contribution in [2.45, 2.75) is 0 Å². The number of nitrogens with zero attached hydrogens (tertiary/aromatic N) is 1. The van der Waals surface area contributed by atoms with Gasteiger partial charge in [-0.25, -0.2) is 4.98 Å². The Morgan fingerprint density at radius 1 is 1.06 bits per heavy atom. The number of methoxy groups -OCH3 is 1. The van der Waals surface area contributed by atoms with Gasteiger partial charge in [-0.3, -0.25) is 0 Å². The molecule has 1 aromatic heterocycles. The van der Waals surface area contributed by atoms with Crippen molar-refractivity contribution in [2.24, 2.45) is 0 Å². The van der Waals surface area contributed by atoms with E-state index in [1.165, 1.54) is 0 Å². The van der Waals surface area contributed by atoms with E-state index in [4.69, 9.17) is 24.7 Å². The Balaban J connectivity index is 1.92. The van der Waals surface area contributed by atoms with E-state index in [9.17, 15) is 0 Å². The lowest BCUT2D eigenvalue weighted by molar-refractivity contribution is 0.0176. The fraction of sp³-hybridized carbons (Fsp3) is 0.583. The second-order valence-electron chi connectivity index (χ2n) is 3.49. The number of hydrogen-bond acceptors (Lipinski definition) is 6. The van der Waals surface area contributed by atoms with E-state index in [-0.39, 0.29) is 0 Å². The first kappa shape index (κ1) is 14.7. The van der Waals surface area contributed by atoms with Crippen LogP contribution in [0, 0.1) is 0 Å². The van der Waals surface area contributed by atoms with Gasteiger partial charge < -0.3 is 24.7 Å². The molecule has 1 rings (SSSR count). The summed E-state index contributed by atoms with van der Waals surface area (Å²) in [5.41, 5.74) is 6.22. The van der Waals surface area contributed by atoms with E-state index in [2.05, 4.69) is 4.98 Å². The van der Waals surface area contributed by atoms with Gasteiger partial charge in [0, 0.05) is 25.1 Å². The normalized spacial score (nSPS) is 10.5. The maximum Gasteiger partial charge on any atom is 0.215 e. The van der Waals surface area contributed by atoms with Crippen molar-refractivity contribution in [1.82, 2.24) is 4.98 Å². The number of ether oxygens (including phenoxy) is 4. The smallest absolute Gasteiger partial charge is 0.215 e. The van der Waals surface area contributed by atoms with Gasteiger partial charge in [0.25, 0.3) is 0 Å². The average molecular weight is 256 g/mol. The van der Waals surface area contributed by atoms with E-state index in [1.54, 1.807) is 25.4 Å². The van der Waals surface area contributed by atoms with Crippen LogP contribution in [0.15, 0.2) is 18.3 Å². The van der Waals surface area contributed by atoms with E-state index in [1.807, 2.05) is 0 Å². The summed E-state index contributed by atoms with van der Waals surface area (Å²) in [5.74, 6) is 0.509. The number of anilines is 1. The van der Waals surface area contributed by atoms with E-state index >= 15 is 0 Å². The molecule has 0 radical (unpaired) electrons. The highest BCUT2D eigenvalue weighted by atomic mass is 16.6. The fourth-order valence-electron chi connectivity index (χ4n) is 1.17. The van der Waals surface area contributed by atoms with Crippen LogP contribution in [-0.4, -0.2) is 51.7 Å². The second-order valence-corrected chi connectivity index (χ2v) is 3.49. The zero-order valence-corrected chi connectivity index (χ0v) is 10.6. The van der Waals surface area contributed by atoms with Gasteiger partial charge in [0.1, 0.15) is 6.61 Å². The molecule has 0 saturated carbocycles. The van der Waals surface area contributed by atoms with Crippen molar-refractivity contribution < 1.29 is 18.9 Å². The van der Waals surface area contributed by atoms with Gasteiger partial charge in [0.15, 0.2) is 0 Å². The molecule has 6 heteroatoms. The van der Waals surface area contributed by atoms with Gasteiger partial charge in [0.2, 0.25) is 5.88 Å². The predicted molar refractivity (Wildman–Crippen MR) is 67.7 cm³/mol. The lowest BCUT2D eigenvalue weighted by Gasteiger charge is -2.07. The first-order chi connectivity index (χ1) is 8.83. The molecule has 1 heterocycles. The molecule has 0 fully saturated rings. The summed E-state index contributed by atoms with van der Waals surface area (Å²) in [6, 6.07) is 3.38. The third-order valence-electron chi connectivity index (χ3n) is 2.04. The molecule has 0 bridgehead atoms. The van der Waals surface area contributed by atoms with Crippen molar-refractivity contribution in [2.75, 3.05) is 52.5 Å². The number of rotatable bonds is 10. The minimum atomic E-state index is 0.439. The summed E-state index contributed by atoms with van der Waals surface area (Å²) in [4.78, 5) is 4.01. The van der Waals surface area contributed by atoms with E-state index in [0.717, 1.165) is 0 Å². The molecule has 0 aromatic carbocycles. The molecule has 18 heavy (non-hydrogen) atoms. The Bertz CT molecular complexity index is 323. The lowest BCUT2D eigenvalue weighted by atomic mass is 10.4. The van der Waals surface area contributed by atoms with Crippen LogP contribution in [0.1, 0.15) is 0 Å². The second kappa shape index (κ2) is 9.64. The molecular weight excluding hydrogens is 236 g/mol. The standard InChI is InChI=1S/C12H20N2O4/c1-15-4-5-16-6-7-17-8-9-18-12-10-11(13)2-3-14-12/h2-3,10H,4-9H2,1H3,(H2,13,14). The van der Waals surface area contributed by atoms with Gasteiger partial charge in [0.05, 0.1) is 33.0 Å². The third-order valence-corrected chi connectivity index (χ3v) is 2.04. The van der Waals surface area contributed by atoms with Gasteiger partial charge in [-0.05, 0) is 6.07 Å². The molecule has 0 unspecified atom stereocenters. The Morgan fingerprint density at radius 3 is 2.39 bits per heavy atom. The number of hydrogen-bond donors (Lipinski definition) is 1. The summed E-state index contributed by atoms with van der Waals surface area (Å²) in [6.45, 7) is 3.21. The Hall–Kier alpha value is -1.37. The maximum absolute atomic E-state index is 5.59. The van der Waals surface area contributed by atoms with Crippen LogP contribution >= 0.6 is 0 Å². The molecule has 0 amide bonds. The van der Waals surface area contributed by atoms with Gasteiger partial charge in [-0.15, -0.1) is 0 Å². The van der Waals surface area contributed by atoms with Gasteiger partial charge in [-0.1, -0.05) is 0 Å². The fourth-order valence-corrected chi connectivity index (χ4v) is 1.17. The highest BCUT2D eigenvalue weighted by molar-refractivity contribution is 5.39. The summed E-state index contributed by atoms with van der Waals surface area (Å²) in [6.07, 6.45) is 1.61. The van der Waals surface area contributed by atoms with Gasteiger partial charge in [-0.2, -0.15) is 0 Å². The molecule has 2 N–H and O–H groups in total. The van der Waals surface area contributed by atoms with Crippen LogP contribution in [0.5, 0.6) is 5.88 Å². The van der Waals surface area contributed by atoms with Crippen LogP contribution in [-0.2, 0) is 14.2 Å². The van der Waals surface area contributed by atoms with Crippen LogP contribution in [0.2, 0.25) is 0 Å². The first-order valence-electron chi connectivity index (χ1n) is 5.81. The van der Waals surface area contributed by atoms with E-state index in [0.29, 0.717) is 51.2 Å². The minimum Gasteiger partial charge on any atom is -0.475 e. The topological polar surface area (TPSA) is 75.8 Å². The quantitative estimate of drug-likeness (QED) is 0.622. The molecule has 102 valence electrons. The molecule has 0 spiro atoms. The largest absolute Gasteiger partial charge is 0.475 e. The Morgan fingerprint density at radius 2 is 1.72 bits per heavy atom. The molecule has 6 nitrogen and oxygen atoms in total. The van der Waals surface area contributed by atoms with Gasteiger partial charge >= 0.3 is 0 Å². The zero-order chi connectivity index (χ0) is 13.1. The molecule has 0 atom stereocenters. The predicted octanol–water partition coefficient (Wildman–Crippen LogP) is 0.722. The number of aromatic nitrogens is 1. The molecule has 0 aliphatic rings. The maximum atomic E-state index is 5.59. The van der Waals surface area contributed by atoms with Crippen molar-refractivity contribution >= 4 is 5.69 Å². The molecule has 0 saturated heterocycles. The highest BCUT2D eigenvalue weighted by Crippen LogP contribution is 2.09. The Labute approximate surface area is 107 Å². The highest BCUT2D eigenvalue weighted by Gasteiger charge is 1.96. The van der Waals surface area contributed by atoms with E-state index < -0.39 is 0 Å². The third kappa shape index (κ3) is 7.05. The summed E-state index contributed by atoms with van der Waals surface area (Å²) in [5, 5.41) is 0. The average Bonchev–Trinajstić information content (AvgIpc) is 2.37. The SMILES string of the molecule is COCCOCCOCCOc1cc(N)ccn1. The summed E-state index contributed by atoms with van der Waals surface area (Å²) < 4.78 is 20.7. The monoisotopic (exact) mass is 256 g/mol. The molecule has 0 aliphatic carbocycles. The number of nitrogen functional groups attached to an aromatic ring is 1.